The molecule has 0 radical (unpaired) electrons. The number of nitrogens with one attached hydrogen (secondary N) is 1. The van der Waals surface area contributed by atoms with Crippen molar-refractivity contribution in [1.82, 2.24) is 0 Å². The molecular weight excluding hydrogens is 313 g/mol. The molecule has 0 saturated carbocycles. The van der Waals surface area contributed by atoms with Crippen LogP contribution >= 0.6 is 11.6 Å². The van der Waals surface area contributed by atoms with E-state index in [1.807, 2.05) is 0 Å². The molecule has 6 heteroatoms. The Morgan fingerprint density at radius 1 is 1.14 bits per heavy atom. The summed E-state index contributed by atoms with van der Waals surface area (Å²) in [6.45, 7) is 1.76. The molecule has 0 aromatic heterocycles. The second-order valence-electron chi connectivity index (χ2n) is 4.67. The molecule has 0 aliphatic rings. The first kappa shape index (κ1) is 15.8. The molecule has 3 nitrogen and oxygen atoms in total. The summed E-state index contributed by atoms with van der Waals surface area (Å²) in [5.74, 6) is -0.137. The van der Waals surface area contributed by atoms with E-state index >= 15 is 0 Å². The lowest BCUT2D eigenvalue weighted by molar-refractivity contribution is 0.598. The van der Waals surface area contributed by atoms with Crippen LogP contribution in [0, 0.1) is 12.7 Å². The van der Waals surface area contributed by atoms with E-state index in [9.17, 15) is 12.8 Å². The maximum absolute atomic E-state index is 13.6. The average molecular weight is 328 g/mol. The molecule has 0 atom stereocenters. The molecule has 0 fully saturated rings. The topological polar surface area (TPSA) is 46.2 Å². The Morgan fingerprint density at radius 3 is 2.43 bits per heavy atom. The maximum Gasteiger partial charge on any atom is 0.261 e. The van der Waals surface area contributed by atoms with Crippen LogP contribution in [-0.2, 0) is 16.4 Å². The van der Waals surface area contributed by atoms with Crippen LogP contribution in [0.5, 0.6) is 0 Å². The van der Waals surface area contributed by atoms with Crippen molar-refractivity contribution in [2.75, 3.05) is 10.6 Å². The fraction of sp³-hybridized carbons (Fsp3) is 0.200. The molecular formula is C15H15ClFNO2S. The minimum Gasteiger partial charge on any atom is -0.277 e. The quantitative estimate of drug-likeness (QED) is 0.851. The lowest BCUT2D eigenvalue weighted by Gasteiger charge is -2.10. The molecule has 0 bridgehead atoms. The van der Waals surface area contributed by atoms with Crippen LogP contribution in [0.15, 0.2) is 47.4 Å². The van der Waals surface area contributed by atoms with Gasteiger partial charge in [-0.25, -0.2) is 12.8 Å². The summed E-state index contributed by atoms with van der Waals surface area (Å²) in [4.78, 5) is 0.0849. The van der Waals surface area contributed by atoms with Crippen LogP contribution in [0.25, 0.3) is 0 Å². The lowest BCUT2D eigenvalue weighted by atomic mass is 10.2. The van der Waals surface area contributed by atoms with Crippen LogP contribution in [0.1, 0.15) is 11.1 Å². The lowest BCUT2D eigenvalue weighted by Crippen LogP contribution is -2.14. The van der Waals surface area contributed by atoms with Gasteiger partial charge < -0.3 is 0 Å². The fourth-order valence-electron chi connectivity index (χ4n) is 1.87. The van der Waals surface area contributed by atoms with E-state index in [-0.39, 0.29) is 10.6 Å². The summed E-state index contributed by atoms with van der Waals surface area (Å²) in [6.07, 6.45) is 0.668. The Kier molecular flexibility index (Phi) is 4.85. The number of aryl methyl sites for hydroxylation is 2. The first-order valence-electron chi connectivity index (χ1n) is 6.36. The minimum absolute atomic E-state index is 0.0557. The zero-order chi connectivity index (χ0) is 15.5. The number of anilines is 1. The highest BCUT2D eigenvalue weighted by atomic mass is 35.5. The number of benzene rings is 2. The average Bonchev–Trinajstić information content (AvgIpc) is 2.44. The molecule has 0 aliphatic heterocycles. The van der Waals surface area contributed by atoms with Gasteiger partial charge in [-0.15, -0.1) is 11.6 Å². The Labute approximate surface area is 128 Å². The van der Waals surface area contributed by atoms with Crippen molar-refractivity contribution in [3.63, 3.8) is 0 Å². The summed E-state index contributed by atoms with van der Waals surface area (Å²) < 4.78 is 40.4. The SMILES string of the molecule is Cc1ccc(F)c(NS(=O)(=O)c2ccc(CCCl)cc2)c1. The van der Waals surface area contributed by atoms with Gasteiger partial charge in [-0.05, 0) is 48.7 Å². The van der Waals surface area contributed by atoms with Gasteiger partial charge in [0.2, 0.25) is 0 Å². The third kappa shape index (κ3) is 3.95. The summed E-state index contributed by atoms with van der Waals surface area (Å²) in [5, 5.41) is 0. The van der Waals surface area contributed by atoms with Crippen molar-refractivity contribution in [2.45, 2.75) is 18.2 Å². The minimum atomic E-state index is -3.81. The van der Waals surface area contributed by atoms with Crippen LogP contribution in [-0.4, -0.2) is 14.3 Å². The van der Waals surface area contributed by atoms with Crippen molar-refractivity contribution in [1.29, 1.82) is 0 Å². The van der Waals surface area contributed by atoms with Crippen LogP contribution in [0.3, 0.4) is 0 Å². The van der Waals surface area contributed by atoms with Gasteiger partial charge >= 0.3 is 0 Å². The van der Waals surface area contributed by atoms with E-state index in [0.717, 1.165) is 11.1 Å². The van der Waals surface area contributed by atoms with E-state index in [2.05, 4.69) is 4.72 Å². The first-order valence-corrected chi connectivity index (χ1v) is 8.38. The summed E-state index contributed by atoms with van der Waals surface area (Å²) >= 11 is 5.63. The molecule has 0 heterocycles. The third-order valence-electron chi connectivity index (χ3n) is 2.98. The van der Waals surface area contributed by atoms with Crippen LogP contribution < -0.4 is 4.72 Å². The van der Waals surface area contributed by atoms with Gasteiger partial charge in [-0.3, -0.25) is 4.72 Å². The number of hydrogen-bond donors (Lipinski definition) is 1. The normalized spacial score (nSPS) is 11.4. The van der Waals surface area contributed by atoms with E-state index < -0.39 is 15.8 Å². The highest BCUT2D eigenvalue weighted by molar-refractivity contribution is 7.92. The molecule has 0 spiro atoms. The van der Waals surface area contributed by atoms with Crippen molar-refractivity contribution in [2.24, 2.45) is 0 Å². The molecule has 0 saturated heterocycles. The van der Waals surface area contributed by atoms with Crippen molar-refractivity contribution >= 4 is 27.3 Å². The smallest absolute Gasteiger partial charge is 0.261 e. The van der Waals surface area contributed by atoms with Crippen LogP contribution in [0.4, 0.5) is 10.1 Å². The van der Waals surface area contributed by atoms with Gasteiger partial charge in [-0.1, -0.05) is 18.2 Å². The second kappa shape index (κ2) is 6.45. The van der Waals surface area contributed by atoms with Gasteiger partial charge in [0.05, 0.1) is 10.6 Å². The standard InChI is InChI=1S/C15H15ClFNO2S/c1-11-2-7-14(17)15(10-11)18-21(19,20)13-5-3-12(4-6-13)8-9-16/h2-7,10,18H,8-9H2,1H3. The summed E-state index contributed by atoms with van der Waals surface area (Å²) in [7, 11) is -3.81. The van der Waals surface area contributed by atoms with Gasteiger partial charge in [0.25, 0.3) is 10.0 Å². The molecule has 21 heavy (non-hydrogen) atoms. The van der Waals surface area contributed by atoms with Crippen molar-refractivity contribution in [3.8, 4) is 0 Å². The zero-order valence-electron chi connectivity index (χ0n) is 11.4. The van der Waals surface area contributed by atoms with E-state index in [0.29, 0.717) is 12.3 Å². The largest absolute Gasteiger partial charge is 0.277 e. The first-order chi connectivity index (χ1) is 9.92. The number of halogens is 2. The number of alkyl halides is 1. The zero-order valence-corrected chi connectivity index (χ0v) is 13.0. The Balaban J connectivity index is 2.27. The van der Waals surface area contributed by atoms with E-state index in [1.54, 1.807) is 25.1 Å². The fourth-order valence-corrected chi connectivity index (χ4v) is 3.14. The third-order valence-corrected chi connectivity index (χ3v) is 4.55. The van der Waals surface area contributed by atoms with Gasteiger partial charge in [0, 0.05) is 5.88 Å². The van der Waals surface area contributed by atoms with E-state index in [4.69, 9.17) is 11.6 Å². The Morgan fingerprint density at radius 2 is 1.81 bits per heavy atom. The molecule has 0 aliphatic carbocycles. The summed E-state index contributed by atoms with van der Waals surface area (Å²) in [6, 6.07) is 10.6. The molecule has 2 rings (SSSR count). The molecule has 2 aromatic rings. The Bertz CT molecular complexity index is 730. The van der Waals surface area contributed by atoms with E-state index in [1.165, 1.54) is 24.3 Å². The molecule has 0 unspecified atom stereocenters. The molecule has 1 N–H and O–H groups in total. The molecule has 0 amide bonds. The number of hydrogen-bond acceptors (Lipinski definition) is 2. The van der Waals surface area contributed by atoms with Gasteiger partial charge in [0.15, 0.2) is 0 Å². The van der Waals surface area contributed by atoms with Crippen molar-refractivity contribution in [3.05, 3.63) is 59.4 Å². The monoisotopic (exact) mass is 327 g/mol. The molecule has 112 valence electrons. The number of sulfonamides is 1. The summed E-state index contributed by atoms with van der Waals surface area (Å²) in [5.41, 5.74) is 1.66. The van der Waals surface area contributed by atoms with Crippen molar-refractivity contribution < 1.29 is 12.8 Å². The predicted octanol–water partition coefficient (Wildman–Crippen LogP) is 3.72. The number of rotatable bonds is 5. The predicted molar refractivity (Wildman–Crippen MR) is 82.8 cm³/mol. The second-order valence-corrected chi connectivity index (χ2v) is 6.73. The van der Waals surface area contributed by atoms with Gasteiger partial charge in [-0.2, -0.15) is 0 Å². The Hall–Kier alpha value is -1.59. The highest BCUT2D eigenvalue weighted by Crippen LogP contribution is 2.20. The highest BCUT2D eigenvalue weighted by Gasteiger charge is 2.16. The van der Waals surface area contributed by atoms with Gasteiger partial charge in [0.1, 0.15) is 5.82 Å². The maximum atomic E-state index is 13.6. The van der Waals surface area contributed by atoms with Crippen LogP contribution in [0.2, 0.25) is 0 Å². The molecule has 2 aromatic carbocycles.